The molecule has 0 aliphatic carbocycles. The maximum absolute atomic E-state index is 10.3. The van der Waals surface area contributed by atoms with Crippen LogP contribution in [0.1, 0.15) is 5.56 Å². The summed E-state index contributed by atoms with van der Waals surface area (Å²) in [5, 5.41) is 5.10. The lowest BCUT2D eigenvalue weighted by molar-refractivity contribution is 1.49. The van der Waals surface area contributed by atoms with E-state index in [4.69, 9.17) is 0 Å². The van der Waals surface area contributed by atoms with Gasteiger partial charge in [-0.05, 0) is 35.0 Å². The fourth-order valence-corrected chi connectivity index (χ4v) is 1.41. The van der Waals surface area contributed by atoms with Gasteiger partial charge in [0, 0.05) is 0 Å². The summed E-state index contributed by atoms with van der Waals surface area (Å²) in [6, 6.07) is 11.6. The predicted octanol–water partition coefficient (Wildman–Crippen LogP) is 3.55. The number of nitrogens with zero attached hydrogens (tertiary/aromatic N) is 1. The minimum absolute atomic E-state index is 0.483. The van der Waals surface area contributed by atoms with Crippen molar-refractivity contribution >= 4 is 16.5 Å². The number of hydrogen-bond acceptors (Lipinski definition) is 2. The fraction of sp³-hybridized carbons (Fsp3) is 0.0909. The number of rotatable bonds is 1. The van der Waals surface area contributed by atoms with Crippen LogP contribution < -0.4 is 0 Å². The van der Waals surface area contributed by atoms with Crippen molar-refractivity contribution in [3.63, 3.8) is 0 Å². The number of nitroso groups, excluding NO2 is 1. The molecule has 0 aliphatic rings. The molecule has 0 fully saturated rings. The molecule has 13 heavy (non-hydrogen) atoms. The molecule has 2 aromatic rings. The first-order chi connectivity index (χ1) is 6.29. The standard InChI is InChI=1S/C11H9NO/c1-8-2-3-10-7-11(12-13)5-4-9(10)6-8/h2-7H,1H3. The number of hydrogen-bond donors (Lipinski definition) is 0. The van der Waals surface area contributed by atoms with Crippen molar-refractivity contribution in [1.82, 2.24) is 0 Å². The first kappa shape index (κ1) is 7.92. The third-order valence-electron chi connectivity index (χ3n) is 2.08. The van der Waals surface area contributed by atoms with E-state index < -0.39 is 0 Å². The Morgan fingerprint density at radius 2 is 1.69 bits per heavy atom. The van der Waals surface area contributed by atoms with E-state index in [1.165, 1.54) is 5.56 Å². The van der Waals surface area contributed by atoms with Gasteiger partial charge in [0.2, 0.25) is 0 Å². The molecule has 2 aromatic carbocycles. The molecule has 0 unspecified atom stereocenters. The number of aryl methyl sites for hydroxylation is 1. The van der Waals surface area contributed by atoms with E-state index in [2.05, 4.69) is 11.2 Å². The van der Waals surface area contributed by atoms with Gasteiger partial charge >= 0.3 is 0 Å². The Morgan fingerprint density at radius 3 is 2.46 bits per heavy atom. The second-order valence-electron chi connectivity index (χ2n) is 3.13. The maximum atomic E-state index is 10.3. The predicted molar refractivity (Wildman–Crippen MR) is 54.1 cm³/mol. The Bertz CT molecular complexity index is 463. The van der Waals surface area contributed by atoms with Crippen LogP contribution in [0.3, 0.4) is 0 Å². The van der Waals surface area contributed by atoms with Crippen LogP contribution in [0, 0.1) is 11.8 Å². The van der Waals surface area contributed by atoms with Gasteiger partial charge in [0.25, 0.3) is 0 Å². The highest BCUT2D eigenvalue weighted by molar-refractivity contribution is 5.85. The van der Waals surface area contributed by atoms with Crippen LogP contribution in [-0.2, 0) is 0 Å². The lowest BCUT2D eigenvalue weighted by atomic mass is 10.1. The molecule has 0 N–H and O–H groups in total. The van der Waals surface area contributed by atoms with Crippen LogP contribution in [0.4, 0.5) is 5.69 Å². The van der Waals surface area contributed by atoms with Crippen LogP contribution in [0.25, 0.3) is 10.8 Å². The molecule has 0 aliphatic heterocycles. The van der Waals surface area contributed by atoms with Crippen LogP contribution in [0.5, 0.6) is 0 Å². The molecule has 0 saturated heterocycles. The molecule has 2 nitrogen and oxygen atoms in total. The SMILES string of the molecule is Cc1ccc2cc(N=O)ccc2c1. The van der Waals surface area contributed by atoms with Gasteiger partial charge in [0.05, 0.1) is 0 Å². The van der Waals surface area contributed by atoms with Crippen molar-refractivity contribution in [3.05, 3.63) is 46.9 Å². The second-order valence-corrected chi connectivity index (χ2v) is 3.13. The molecule has 0 saturated carbocycles. The summed E-state index contributed by atoms with van der Waals surface area (Å²) in [6.07, 6.45) is 0. The van der Waals surface area contributed by atoms with Crippen molar-refractivity contribution < 1.29 is 0 Å². The molecule has 0 atom stereocenters. The Hall–Kier alpha value is -1.70. The maximum Gasteiger partial charge on any atom is 0.108 e. The van der Waals surface area contributed by atoms with Gasteiger partial charge in [-0.25, -0.2) is 0 Å². The van der Waals surface area contributed by atoms with E-state index in [0.717, 1.165) is 10.8 Å². The van der Waals surface area contributed by atoms with Crippen molar-refractivity contribution in [2.75, 3.05) is 0 Å². The Balaban J connectivity index is 2.73. The fourth-order valence-electron chi connectivity index (χ4n) is 1.41. The molecule has 0 heterocycles. The number of benzene rings is 2. The van der Waals surface area contributed by atoms with Crippen molar-refractivity contribution in [1.29, 1.82) is 0 Å². The van der Waals surface area contributed by atoms with E-state index >= 15 is 0 Å². The Morgan fingerprint density at radius 1 is 1.00 bits per heavy atom. The summed E-state index contributed by atoms with van der Waals surface area (Å²) >= 11 is 0. The highest BCUT2D eigenvalue weighted by Gasteiger charge is 1.95. The molecule has 2 rings (SSSR count). The summed E-state index contributed by atoms with van der Waals surface area (Å²) in [7, 11) is 0. The molecular weight excluding hydrogens is 162 g/mol. The third kappa shape index (κ3) is 1.43. The van der Waals surface area contributed by atoms with E-state index in [9.17, 15) is 4.91 Å². The van der Waals surface area contributed by atoms with Gasteiger partial charge in [0.15, 0.2) is 0 Å². The molecule has 0 spiro atoms. The average Bonchev–Trinajstić information content (AvgIpc) is 2.17. The van der Waals surface area contributed by atoms with E-state index in [1.807, 2.05) is 25.1 Å². The summed E-state index contributed by atoms with van der Waals surface area (Å²) in [6.45, 7) is 2.05. The van der Waals surface area contributed by atoms with Crippen LogP contribution in [-0.4, -0.2) is 0 Å². The number of fused-ring (bicyclic) bond motifs is 1. The normalized spacial score (nSPS) is 10.2. The van der Waals surface area contributed by atoms with Crippen molar-refractivity contribution in [2.24, 2.45) is 5.18 Å². The minimum Gasteiger partial charge on any atom is -0.145 e. The van der Waals surface area contributed by atoms with Crippen molar-refractivity contribution in [3.8, 4) is 0 Å². The molecule has 2 heteroatoms. The smallest absolute Gasteiger partial charge is 0.108 e. The topological polar surface area (TPSA) is 29.4 Å². The first-order valence-corrected chi connectivity index (χ1v) is 4.13. The largest absolute Gasteiger partial charge is 0.145 e. The zero-order valence-corrected chi connectivity index (χ0v) is 7.32. The van der Waals surface area contributed by atoms with E-state index in [1.54, 1.807) is 12.1 Å². The molecule has 0 amide bonds. The Kier molecular flexibility index (Phi) is 1.81. The van der Waals surface area contributed by atoms with Gasteiger partial charge in [-0.3, -0.25) is 0 Å². The lowest BCUT2D eigenvalue weighted by Crippen LogP contribution is -1.74. The molecular formula is C11H9NO. The molecule has 64 valence electrons. The zero-order chi connectivity index (χ0) is 9.26. The van der Waals surface area contributed by atoms with E-state index in [0.29, 0.717) is 5.69 Å². The average molecular weight is 171 g/mol. The van der Waals surface area contributed by atoms with Crippen LogP contribution >= 0.6 is 0 Å². The van der Waals surface area contributed by atoms with Gasteiger partial charge in [-0.1, -0.05) is 29.8 Å². The Labute approximate surface area is 76.2 Å². The monoisotopic (exact) mass is 171 g/mol. The second kappa shape index (κ2) is 2.98. The van der Waals surface area contributed by atoms with Gasteiger partial charge < -0.3 is 0 Å². The van der Waals surface area contributed by atoms with Crippen LogP contribution in [0.15, 0.2) is 41.6 Å². The summed E-state index contributed by atoms with van der Waals surface area (Å²) in [5.41, 5.74) is 1.70. The summed E-state index contributed by atoms with van der Waals surface area (Å²) in [5.74, 6) is 0. The van der Waals surface area contributed by atoms with Crippen LogP contribution in [0.2, 0.25) is 0 Å². The molecule has 0 radical (unpaired) electrons. The van der Waals surface area contributed by atoms with Gasteiger partial charge in [-0.15, -0.1) is 4.91 Å². The molecule has 0 bridgehead atoms. The van der Waals surface area contributed by atoms with E-state index in [-0.39, 0.29) is 0 Å². The minimum atomic E-state index is 0.483. The third-order valence-corrected chi connectivity index (χ3v) is 2.08. The summed E-state index contributed by atoms with van der Waals surface area (Å²) < 4.78 is 0. The highest BCUT2D eigenvalue weighted by atomic mass is 16.3. The van der Waals surface area contributed by atoms with Gasteiger partial charge in [-0.2, -0.15) is 0 Å². The lowest BCUT2D eigenvalue weighted by Gasteiger charge is -1.98. The summed E-state index contributed by atoms with van der Waals surface area (Å²) in [4.78, 5) is 10.3. The highest BCUT2D eigenvalue weighted by Crippen LogP contribution is 2.21. The quantitative estimate of drug-likeness (QED) is 0.603. The molecule has 0 aromatic heterocycles. The van der Waals surface area contributed by atoms with Gasteiger partial charge in [0.1, 0.15) is 5.69 Å². The van der Waals surface area contributed by atoms with Crippen molar-refractivity contribution in [2.45, 2.75) is 6.92 Å². The zero-order valence-electron chi connectivity index (χ0n) is 7.32. The first-order valence-electron chi connectivity index (χ1n) is 4.13.